The quantitative estimate of drug-likeness (QED) is 0.680. The van der Waals surface area contributed by atoms with Crippen LogP contribution in [0.5, 0.6) is 0 Å². The van der Waals surface area contributed by atoms with Crippen LogP contribution in [0, 0.1) is 0 Å². The predicted molar refractivity (Wildman–Crippen MR) is 64.8 cm³/mol. The number of nitrogens with zero attached hydrogens (tertiary/aromatic N) is 1. The first kappa shape index (κ1) is 13.6. The van der Waals surface area contributed by atoms with Crippen molar-refractivity contribution in [1.82, 2.24) is 10.2 Å². The highest BCUT2D eigenvalue weighted by molar-refractivity contribution is 7.99. The van der Waals surface area contributed by atoms with Crippen LogP contribution in [0.25, 0.3) is 0 Å². The molecule has 1 saturated heterocycles. The smallest absolute Gasteiger partial charge is 0.317 e. The van der Waals surface area contributed by atoms with E-state index >= 15 is 0 Å². The number of amides is 2. The maximum atomic E-state index is 11.8. The van der Waals surface area contributed by atoms with Crippen LogP contribution >= 0.6 is 11.8 Å². The average Bonchev–Trinajstić information content (AvgIpc) is 2.30. The van der Waals surface area contributed by atoms with Crippen LogP contribution in [0.3, 0.4) is 0 Å². The van der Waals surface area contributed by atoms with E-state index in [1.807, 2.05) is 16.7 Å². The first-order valence-corrected chi connectivity index (χ1v) is 6.67. The van der Waals surface area contributed by atoms with Crippen LogP contribution in [0.2, 0.25) is 0 Å². The summed E-state index contributed by atoms with van der Waals surface area (Å²) in [4.78, 5) is 13.6. The number of aliphatic hydroxyl groups is 1. The van der Waals surface area contributed by atoms with Crippen LogP contribution in [0.1, 0.15) is 6.42 Å². The van der Waals surface area contributed by atoms with Crippen molar-refractivity contribution in [2.45, 2.75) is 12.5 Å². The van der Waals surface area contributed by atoms with Crippen molar-refractivity contribution < 1.29 is 14.6 Å². The van der Waals surface area contributed by atoms with E-state index in [0.29, 0.717) is 19.6 Å². The fraction of sp³-hybridized carbons (Fsp3) is 0.900. The molecule has 0 saturated carbocycles. The SMILES string of the molecule is COCCNC(=O)N1CCSC[C@@H]1CCO. The molecule has 1 aliphatic heterocycles. The Kier molecular flexibility index (Phi) is 6.59. The van der Waals surface area contributed by atoms with Gasteiger partial charge in [-0.05, 0) is 6.42 Å². The number of hydrogen-bond donors (Lipinski definition) is 2. The van der Waals surface area contributed by atoms with Gasteiger partial charge < -0.3 is 20.1 Å². The number of thioether (sulfide) groups is 1. The molecule has 6 heteroatoms. The summed E-state index contributed by atoms with van der Waals surface area (Å²) in [6.45, 7) is 1.95. The molecular formula is C10H20N2O3S. The number of ether oxygens (including phenoxy) is 1. The van der Waals surface area contributed by atoms with E-state index in [2.05, 4.69) is 5.32 Å². The Labute approximate surface area is 101 Å². The maximum Gasteiger partial charge on any atom is 0.317 e. The van der Waals surface area contributed by atoms with Crippen molar-refractivity contribution in [3.63, 3.8) is 0 Å². The molecule has 1 rings (SSSR count). The highest BCUT2D eigenvalue weighted by Gasteiger charge is 2.26. The second-order valence-electron chi connectivity index (χ2n) is 3.66. The summed E-state index contributed by atoms with van der Waals surface area (Å²) < 4.78 is 4.88. The van der Waals surface area contributed by atoms with Gasteiger partial charge in [0.25, 0.3) is 0 Å². The number of hydrogen-bond acceptors (Lipinski definition) is 4. The van der Waals surface area contributed by atoms with Gasteiger partial charge in [0.1, 0.15) is 0 Å². The molecule has 5 nitrogen and oxygen atoms in total. The summed E-state index contributed by atoms with van der Waals surface area (Å²) in [5, 5.41) is 11.8. The molecule has 0 bridgehead atoms. The third-order valence-electron chi connectivity index (χ3n) is 2.53. The Balaban J connectivity index is 2.37. The molecule has 1 fully saturated rings. The topological polar surface area (TPSA) is 61.8 Å². The zero-order chi connectivity index (χ0) is 11.8. The van der Waals surface area contributed by atoms with Crippen LogP contribution in [0.15, 0.2) is 0 Å². The number of urea groups is 1. The van der Waals surface area contributed by atoms with E-state index in [1.54, 1.807) is 7.11 Å². The van der Waals surface area contributed by atoms with E-state index in [0.717, 1.165) is 18.1 Å². The summed E-state index contributed by atoms with van der Waals surface area (Å²) in [5.74, 6) is 1.89. The fourth-order valence-corrected chi connectivity index (χ4v) is 2.78. The van der Waals surface area contributed by atoms with Crippen LogP contribution in [-0.4, -0.2) is 67.0 Å². The second-order valence-corrected chi connectivity index (χ2v) is 4.81. The van der Waals surface area contributed by atoms with Crippen molar-refractivity contribution in [3.05, 3.63) is 0 Å². The largest absolute Gasteiger partial charge is 0.396 e. The third kappa shape index (κ3) is 4.19. The van der Waals surface area contributed by atoms with Crippen molar-refractivity contribution in [2.24, 2.45) is 0 Å². The molecule has 2 N–H and O–H groups in total. The molecule has 16 heavy (non-hydrogen) atoms. The lowest BCUT2D eigenvalue weighted by Crippen LogP contribution is -2.51. The molecule has 94 valence electrons. The molecule has 0 aromatic heterocycles. The predicted octanol–water partition coefficient (Wildman–Crippen LogP) is 0.142. The average molecular weight is 248 g/mol. The second kappa shape index (κ2) is 7.76. The maximum absolute atomic E-state index is 11.8. The minimum atomic E-state index is -0.0456. The number of carbonyl (C=O) groups is 1. The minimum absolute atomic E-state index is 0.0456. The number of aliphatic hydroxyl groups excluding tert-OH is 1. The zero-order valence-corrected chi connectivity index (χ0v) is 10.5. The Morgan fingerprint density at radius 2 is 2.50 bits per heavy atom. The highest BCUT2D eigenvalue weighted by atomic mass is 32.2. The Morgan fingerprint density at radius 1 is 1.69 bits per heavy atom. The van der Waals surface area contributed by atoms with Gasteiger partial charge in [-0.1, -0.05) is 0 Å². The van der Waals surface area contributed by atoms with Gasteiger partial charge in [0.15, 0.2) is 0 Å². The van der Waals surface area contributed by atoms with Crippen LogP contribution in [0.4, 0.5) is 4.79 Å². The molecule has 1 heterocycles. The summed E-state index contributed by atoms with van der Waals surface area (Å²) >= 11 is 1.83. The Hall–Kier alpha value is -0.460. The lowest BCUT2D eigenvalue weighted by atomic mass is 10.2. The van der Waals surface area contributed by atoms with Crippen molar-refractivity contribution in [2.75, 3.05) is 44.9 Å². The third-order valence-corrected chi connectivity index (χ3v) is 3.62. The van der Waals surface area contributed by atoms with Gasteiger partial charge in [-0.25, -0.2) is 4.79 Å². The normalized spacial score (nSPS) is 20.9. The van der Waals surface area contributed by atoms with Gasteiger partial charge in [-0.15, -0.1) is 0 Å². The number of carbonyl (C=O) groups excluding carboxylic acids is 1. The molecule has 0 spiro atoms. The van der Waals surface area contributed by atoms with Crippen molar-refractivity contribution in [1.29, 1.82) is 0 Å². The standard InChI is InChI=1S/C10H20N2O3S/c1-15-6-3-11-10(14)12-4-7-16-8-9(12)2-5-13/h9,13H,2-8H2,1H3,(H,11,14)/t9-/m0/s1. The van der Waals surface area contributed by atoms with Crippen LogP contribution < -0.4 is 5.32 Å². The first-order valence-electron chi connectivity index (χ1n) is 5.51. The zero-order valence-electron chi connectivity index (χ0n) is 9.65. The van der Waals surface area contributed by atoms with Gasteiger partial charge in [0.05, 0.1) is 6.61 Å². The fourth-order valence-electron chi connectivity index (χ4n) is 1.67. The van der Waals surface area contributed by atoms with Gasteiger partial charge in [-0.3, -0.25) is 0 Å². The number of nitrogens with one attached hydrogen (secondary N) is 1. The van der Waals surface area contributed by atoms with Crippen molar-refractivity contribution >= 4 is 17.8 Å². The summed E-state index contributed by atoms with van der Waals surface area (Å²) in [6.07, 6.45) is 0.657. The molecule has 0 aliphatic carbocycles. The molecule has 1 aliphatic rings. The van der Waals surface area contributed by atoms with Gasteiger partial charge in [0, 0.05) is 44.4 Å². The highest BCUT2D eigenvalue weighted by Crippen LogP contribution is 2.18. The summed E-state index contributed by atoms with van der Waals surface area (Å²) in [7, 11) is 1.61. The molecular weight excluding hydrogens is 228 g/mol. The minimum Gasteiger partial charge on any atom is -0.396 e. The lowest BCUT2D eigenvalue weighted by Gasteiger charge is -2.35. The van der Waals surface area contributed by atoms with Gasteiger partial charge in [-0.2, -0.15) is 11.8 Å². The van der Waals surface area contributed by atoms with E-state index in [1.165, 1.54) is 0 Å². The van der Waals surface area contributed by atoms with Gasteiger partial charge >= 0.3 is 6.03 Å². The monoisotopic (exact) mass is 248 g/mol. The molecule has 2 amide bonds. The summed E-state index contributed by atoms with van der Waals surface area (Å²) in [5.41, 5.74) is 0. The molecule has 1 atom stereocenters. The summed E-state index contributed by atoms with van der Waals surface area (Å²) in [6, 6.07) is 0.113. The van der Waals surface area contributed by atoms with E-state index in [9.17, 15) is 4.79 Å². The van der Waals surface area contributed by atoms with Crippen molar-refractivity contribution in [3.8, 4) is 0 Å². The molecule has 0 aromatic rings. The Morgan fingerprint density at radius 3 is 3.19 bits per heavy atom. The lowest BCUT2D eigenvalue weighted by molar-refractivity contribution is 0.158. The molecule has 0 radical (unpaired) electrons. The molecule has 0 unspecified atom stereocenters. The van der Waals surface area contributed by atoms with E-state index in [4.69, 9.17) is 9.84 Å². The van der Waals surface area contributed by atoms with E-state index < -0.39 is 0 Å². The molecule has 0 aromatic carbocycles. The van der Waals surface area contributed by atoms with E-state index in [-0.39, 0.29) is 18.7 Å². The number of methoxy groups -OCH3 is 1. The van der Waals surface area contributed by atoms with Crippen LogP contribution in [-0.2, 0) is 4.74 Å². The van der Waals surface area contributed by atoms with Gasteiger partial charge in [0.2, 0.25) is 0 Å². The Bertz CT molecular complexity index is 214. The first-order chi connectivity index (χ1) is 7.79. The number of rotatable bonds is 5.